The molecule has 1 N–H and O–H groups in total. The number of rotatable bonds is 11. The molecule has 0 saturated heterocycles. The zero-order valence-electron chi connectivity index (χ0n) is 9.68. The highest BCUT2D eigenvalue weighted by Gasteiger charge is 1.90. The Morgan fingerprint density at radius 3 is 2.21 bits per heavy atom. The zero-order chi connectivity index (χ0) is 10.5. The number of hydrogen-bond acceptors (Lipinski definition) is 3. The first-order valence-electron chi connectivity index (χ1n) is 5.72. The van der Waals surface area contributed by atoms with E-state index < -0.39 is 0 Å². The number of unbranched alkanes of at least 4 members (excludes halogenated alkanes) is 3. The third kappa shape index (κ3) is 11.9. The molecular weight excluding hydrogens is 178 g/mol. The normalized spacial score (nSPS) is 10.7. The van der Waals surface area contributed by atoms with Gasteiger partial charge in [0.1, 0.15) is 0 Å². The largest absolute Gasteiger partial charge is 0.379 e. The van der Waals surface area contributed by atoms with Crippen LogP contribution in [0.1, 0.15) is 32.6 Å². The Kier molecular flexibility index (Phi) is 12.8. The maximum absolute atomic E-state index is 5.42. The van der Waals surface area contributed by atoms with Crippen LogP contribution in [0.2, 0.25) is 0 Å². The van der Waals surface area contributed by atoms with Gasteiger partial charge < -0.3 is 14.8 Å². The lowest BCUT2D eigenvalue weighted by atomic mass is 10.2. The maximum atomic E-state index is 5.42. The summed E-state index contributed by atoms with van der Waals surface area (Å²) in [5.41, 5.74) is 0. The van der Waals surface area contributed by atoms with E-state index in [9.17, 15) is 0 Å². The Labute approximate surface area is 88.2 Å². The molecule has 0 atom stereocenters. The topological polar surface area (TPSA) is 30.5 Å². The summed E-state index contributed by atoms with van der Waals surface area (Å²) in [5, 5.41) is 3.03. The first-order chi connectivity index (χ1) is 6.91. The summed E-state index contributed by atoms with van der Waals surface area (Å²) in [5.74, 6) is 0. The van der Waals surface area contributed by atoms with Gasteiger partial charge in [-0.3, -0.25) is 0 Å². The lowest BCUT2D eigenvalue weighted by molar-refractivity contribution is 0.0478. The molecule has 0 aliphatic heterocycles. The lowest BCUT2D eigenvalue weighted by Gasteiger charge is -2.05. The minimum atomic E-state index is 0.718. The first-order valence-corrected chi connectivity index (χ1v) is 5.72. The van der Waals surface area contributed by atoms with E-state index in [1.807, 2.05) is 7.05 Å². The molecule has 86 valence electrons. The van der Waals surface area contributed by atoms with Crippen LogP contribution < -0.4 is 5.32 Å². The van der Waals surface area contributed by atoms with Crippen molar-refractivity contribution in [3.05, 3.63) is 0 Å². The Morgan fingerprint density at radius 1 is 0.857 bits per heavy atom. The summed E-state index contributed by atoms with van der Waals surface area (Å²) >= 11 is 0. The molecule has 0 aromatic carbocycles. The number of ether oxygens (including phenoxy) is 2. The molecule has 0 heterocycles. The van der Waals surface area contributed by atoms with Crippen LogP contribution in [-0.2, 0) is 9.47 Å². The van der Waals surface area contributed by atoms with Gasteiger partial charge in [-0.1, -0.05) is 26.2 Å². The van der Waals surface area contributed by atoms with Crippen molar-refractivity contribution in [1.82, 2.24) is 5.32 Å². The lowest BCUT2D eigenvalue weighted by Crippen LogP contribution is -2.16. The molecule has 0 saturated carbocycles. The van der Waals surface area contributed by atoms with E-state index >= 15 is 0 Å². The van der Waals surface area contributed by atoms with Gasteiger partial charge in [0.05, 0.1) is 19.8 Å². The van der Waals surface area contributed by atoms with E-state index in [1.165, 1.54) is 25.7 Å². The fourth-order valence-electron chi connectivity index (χ4n) is 1.13. The molecular formula is C11H25NO2. The molecule has 0 aliphatic rings. The molecule has 3 nitrogen and oxygen atoms in total. The van der Waals surface area contributed by atoms with Gasteiger partial charge in [0.15, 0.2) is 0 Å². The zero-order valence-corrected chi connectivity index (χ0v) is 9.68. The van der Waals surface area contributed by atoms with Crippen molar-refractivity contribution in [1.29, 1.82) is 0 Å². The van der Waals surface area contributed by atoms with Gasteiger partial charge in [-0.2, -0.15) is 0 Å². The van der Waals surface area contributed by atoms with Gasteiger partial charge in [-0.25, -0.2) is 0 Å². The van der Waals surface area contributed by atoms with Crippen molar-refractivity contribution in [3.63, 3.8) is 0 Å². The Bertz CT molecular complexity index is 87.3. The SMILES string of the molecule is CCCCCCOCCOCCNC. The molecule has 0 unspecified atom stereocenters. The summed E-state index contributed by atoms with van der Waals surface area (Å²) in [6, 6.07) is 0. The summed E-state index contributed by atoms with van der Waals surface area (Å²) in [4.78, 5) is 0. The smallest absolute Gasteiger partial charge is 0.0701 e. The third-order valence-electron chi connectivity index (χ3n) is 2.01. The van der Waals surface area contributed by atoms with Gasteiger partial charge in [0.2, 0.25) is 0 Å². The van der Waals surface area contributed by atoms with E-state index in [4.69, 9.17) is 9.47 Å². The van der Waals surface area contributed by atoms with Crippen molar-refractivity contribution in [3.8, 4) is 0 Å². The first kappa shape index (κ1) is 13.9. The summed E-state index contributed by atoms with van der Waals surface area (Å²) in [6.45, 7) is 6.24. The van der Waals surface area contributed by atoms with Crippen molar-refractivity contribution >= 4 is 0 Å². The Balaban J connectivity index is 2.78. The predicted molar refractivity (Wildman–Crippen MR) is 59.7 cm³/mol. The molecule has 0 aliphatic carbocycles. The molecule has 0 aromatic rings. The van der Waals surface area contributed by atoms with Crippen molar-refractivity contribution in [2.45, 2.75) is 32.6 Å². The second-order valence-corrected chi connectivity index (χ2v) is 3.39. The van der Waals surface area contributed by atoms with Crippen LogP contribution in [0.25, 0.3) is 0 Å². The maximum Gasteiger partial charge on any atom is 0.0701 e. The summed E-state index contributed by atoms with van der Waals surface area (Å²) in [7, 11) is 1.92. The average Bonchev–Trinajstić information content (AvgIpc) is 2.21. The van der Waals surface area contributed by atoms with E-state index in [-0.39, 0.29) is 0 Å². The molecule has 3 heteroatoms. The van der Waals surface area contributed by atoms with Crippen LogP contribution >= 0.6 is 0 Å². The number of hydrogen-bond donors (Lipinski definition) is 1. The number of likely N-dealkylation sites (N-methyl/N-ethyl adjacent to an activating group) is 1. The molecule has 0 radical (unpaired) electrons. The van der Waals surface area contributed by atoms with Crippen LogP contribution in [0.15, 0.2) is 0 Å². The van der Waals surface area contributed by atoms with Gasteiger partial charge in [-0.05, 0) is 13.5 Å². The van der Waals surface area contributed by atoms with Crippen LogP contribution in [0.5, 0.6) is 0 Å². The van der Waals surface area contributed by atoms with Crippen LogP contribution in [0.3, 0.4) is 0 Å². The molecule has 0 bridgehead atoms. The monoisotopic (exact) mass is 203 g/mol. The van der Waals surface area contributed by atoms with Gasteiger partial charge in [0, 0.05) is 13.2 Å². The van der Waals surface area contributed by atoms with E-state index in [2.05, 4.69) is 12.2 Å². The fraction of sp³-hybridized carbons (Fsp3) is 1.00. The van der Waals surface area contributed by atoms with Gasteiger partial charge in [0.25, 0.3) is 0 Å². The van der Waals surface area contributed by atoms with E-state index in [1.54, 1.807) is 0 Å². The molecule has 0 rings (SSSR count). The second-order valence-electron chi connectivity index (χ2n) is 3.39. The second kappa shape index (κ2) is 12.9. The molecule has 0 aromatic heterocycles. The van der Waals surface area contributed by atoms with E-state index in [0.717, 1.165) is 33.0 Å². The fourth-order valence-corrected chi connectivity index (χ4v) is 1.13. The van der Waals surface area contributed by atoms with E-state index in [0.29, 0.717) is 0 Å². The quantitative estimate of drug-likeness (QED) is 0.520. The van der Waals surface area contributed by atoms with Gasteiger partial charge >= 0.3 is 0 Å². The Morgan fingerprint density at radius 2 is 1.57 bits per heavy atom. The van der Waals surface area contributed by atoms with Crippen molar-refractivity contribution in [2.75, 3.05) is 40.0 Å². The Hall–Kier alpha value is -0.120. The van der Waals surface area contributed by atoms with Crippen LogP contribution in [-0.4, -0.2) is 40.0 Å². The molecule has 0 amide bonds. The number of nitrogens with one attached hydrogen (secondary N) is 1. The third-order valence-corrected chi connectivity index (χ3v) is 2.01. The highest BCUT2D eigenvalue weighted by atomic mass is 16.5. The average molecular weight is 203 g/mol. The molecule has 0 fully saturated rings. The van der Waals surface area contributed by atoms with Crippen molar-refractivity contribution < 1.29 is 9.47 Å². The minimum absolute atomic E-state index is 0.718. The van der Waals surface area contributed by atoms with Crippen LogP contribution in [0, 0.1) is 0 Å². The highest BCUT2D eigenvalue weighted by Crippen LogP contribution is 1.98. The minimum Gasteiger partial charge on any atom is -0.379 e. The molecule has 0 spiro atoms. The van der Waals surface area contributed by atoms with Crippen LogP contribution in [0.4, 0.5) is 0 Å². The van der Waals surface area contributed by atoms with Gasteiger partial charge in [-0.15, -0.1) is 0 Å². The standard InChI is InChI=1S/C11H25NO2/c1-3-4-5-6-8-13-10-11-14-9-7-12-2/h12H,3-11H2,1-2H3. The summed E-state index contributed by atoms with van der Waals surface area (Å²) < 4.78 is 10.7. The summed E-state index contributed by atoms with van der Waals surface area (Å²) in [6.07, 6.45) is 5.08. The molecule has 14 heavy (non-hydrogen) atoms. The van der Waals surface area contributed by atoms with Crippen molar-refractivity contribution in [2.24, 2.45) is 0 Å². The predicted octanol–water partition coefficient (Wildman–Crippen LogP) is 1.82. The highest BCUT2D eigenvalue weighted by molar-refractivity contribution is 4.40.